The number of amides is 1. The van der Waals surface area contributed by atoms with Gasteiger partial charge in [-0.3, -0.25) is 0 Å². The SMILES string of the molecule is Cc1ccnc(Oc2ccc(-c3c(Br)n(CCNC(=O)OC(C)(C)C)c4ncnc(N)c34)cc2F)n1. The van der Waals surface area contributed by atoms with Crippen LogP contribution in [0.1, 0.15) is 26.5 Å². The molecule has 36 heavy (non-hydrogen) atoms. The number of carbonyl (C=O) groups excluding carboxylic acids is 1. The molecule has 0 spiro atoms. The maximum absolute atomic E-state index is 15.1. The molecule has 0 saturated heterocycles. The zero-order valence-electron chi connectivity index (χ0n) is 20.2. The molecular formula is C24H25BrFN7O3. The number of halogens is 2. The van der Waals surface area contributed by atoms with Crippen molar-refractivity contribution in [2.75, 3.05) is 12.3 Å². The van der Waals surface area contributed by atoms with Crippen LogP contribution in [0.4, 0.5) is 15.0 Å². The summed E-state index contributed by atoms with van der Waals surface area (Å²) in [7, 11) is 0. The van der Waals surface area contributed by atoms with Gasteiger partial charge in [0.05, 0.1) is 9.99 Å². The molecule has 4 rings (SSSR count). The van der Waals surface area contributed by atoms with Crippen LogP contribution in [-0.4, -0.2) is 42.7 Å². The van der Waals surface area contributed by atoms with Crippen LogP contribution in [0, 0.1) is 12.7 Å². The number of benzene rings is 1. The van der Waals surface area contributed by atoms with Gasteiger partial charge in [-0.15, -0.1) is 0 Å². The number of anilines is 1. The van der Waals surface area contributed by atoms with E-state index in [1.54, 1.807) is 39.8 Å². The van der Waals surface area contributed by atoms with Crippen LogP contribution in [0.5, 0.6) is 11.8 Å². The van der Waals surface area contributed by atoms with Gasteiger partial charge in [0.2, 0.25) is 0 Å². The normalized spacial score (nSPS) is 11.5. The van der Waals surface area contributed by atoms with E-state index in [9.17, 15) is 4.79 Å². The predicted octanol–water partition coefficient (Wildman–Crippen LogP) is 5.00. The molecule has 1 amide bonds. The Labute approximate surface area is 215 Å². The number of aromatic nitrogens is 5. The molecule has 0 bridgehead atoms. The molecule has 1 aromatic carbocycles. The molecule has 3 heterocycles. The quantitative estimate of drug-likeness (QED) is 0.338. The van der Waals surface area contributed by atoms with E-state index < -0.39 is 17.5 Å². The highest BCUT2D eigenvalue weighted by molar-refractivity contribution is 9.10. The zero-order valence-corrected chi connectivity index (χ0v) is 21.8. The first-order chi connectivity index (χ1) is 17.0. The first-order valence-corrected chi connectivity index (χ1v) is 11.8. The Morgan fingerprint density at radius 1 is 1.22 bits per heavy atom. The summed E-state index contributed by atoms with van der Waals surface area (Å²) in [5.74, 6) is -0.383. The second kappa shape index (κ2) is 10.1. The lowest BCUT2D eigenvalue weighted by Crippen LogP contribution is -2.34. The standard InChI is InChI=1S/C24H25BrFN7O3/c1-13-7-8-28-22(32-13)35-16-6-5-14(11-15(16)26)17-18-20(27)30-12-31-21(18)33(19(17)25)10-9-29-23(34)36-24(2,3)4/h5-8,11-12H,9-10H2,1-4H3,(H,29,34)(H2,27,30,31). The van der Waals surface area contributed by atoms with Gasteiger partial charge in [-0.25, -0.2) is 29.1 Å². The first kappa shape index (κ1) is 25.3. The summed E-state index contributed by atoms with van der Waals surface area (Å²) in [5, 5.41) is 3.27. The molecule has 0 aliphatic carbocycles. The van der Waals surface area contributed by atoms with Crippen LogP contribution in [0.2, 0.25) is 0 Å². The van der Waals surface area contributed by atoms with Crippen molar-refractivity contribution in [3.05, 3.63) is 52.9 Å². The number of hydrogen-bond donors (Lipinski definition) is 2. The molecule has 10 nitrogen and oxygen atoms in total. The molecule has 188 valence electrons. The third-order valence-electron chi connectivity index (χ3n) is 5.00. The number of nitrogen functional groups attached to an aromatic ring is 1. The van der Waals surface area contributed by atoms with E-state index in [4.69, 9.17) is 15.2 Å². The lowest BCUT2D eigenvalue weighted by molar-refractivity contribution is 0.0526. The minimum atomic E-state index is -0.606. The van der Waals surface area contributed by atoms with Crippen molar-refractivity contribution in [2.45, 2.75) is 39.8 Å². The van der Waals surface area contributed by atoms with Crippen LogP contribution in [0.3, 0.4) is 0 Å². The zero-order chi connectivity index (χ0) is 26.0. The average molecular weight is 558 g/mol. The highest BCUT2D eigenvalue weighted by Gasteiger charge is 2.22. The second-order valence-corrected chi connectivity index (χ2v) is 9.68. The number of fused-ring (bicyclic) bond motifs is 1. The van der Waals surface area contributed by atoms with Crippen LogP contribution in [-0.2, 0) is 11.3 Å². The van der Waals surface area contributed by atoms with Crippen molar-refractivity contribution in [1.29, 1.82) is 0 Å². The number of ether oxygens (including phenoxy) is 2. The maximum Gasteiger partial charge on any atom is 0.407 e. The number of nitrogens with two attached hydrogens (primary N) is 1. The van der Waals surface area contributed by atoms with Crippen molar-refractivity contribution in [1.82, 2.24) is 29.8 Å². The molecule has 3 aromatic heterocycles. The smallest absolute Gasteiger partial charge is 0.407 e. The van der Waals surface area contributed by atoms with Crippen LogP contribution < -0.4 is 15.8 Å². The Hall–Kier alpha value is -3.80. The summed E-state index contributed by atoms with van der Waals surface area (Å²) in [4.78, 5) is 28.7. The van der Waals surface area contributed by atoms with Gasteiger partial charge in [-0.2, -0.15) is 0 Å². The molecule has 0 aliphatic rings. The fraction of sp³-hybridized carbons (Fsp3) is 0.292. The van der Waals surface area contributed by atoms with Crippen molar-refractivity contribution < 1.29 is 18.7 Å². The number of carbonyl (C=O) groups is 1. The molecular weight excluding hydrogens is 533 g/mol. The van der Waals surface area contributed by atoms with E-state index in [1.165, 1.54) is 24.7 Å². The fourth-order valence-electron chi connectivity index (χ4n) is 3.53. The van der Waals surface area contributed by atoms with Crippen molar-refractivity contribution >= 4 is 38.9 Å². The van der Waals surface area contributed by atoms with Gasteiger partial charge in [0.1, 0.15) is 23.4 Å². The van der Waals surface area contributed by atoms with E-state index in [1.807, 2.05) is 4.57 Å². The van der Waals surface area contributed by atoms with Gasteiger partial charge in [0.15, 0.2) is 11.6 Å². The lowest BCUT2D eigenvalue weighted by Gasteiger charge is -2.19. The number of rotatable bonds is 6. The van der Waals surface area contributed by atoms with Crippen molar-refractivity contribution in [3.8, 4) is 22.9 Å². The summed E-state index contributed by atoms with van der Waals surface area (Å²) in [6, 6.07) is 6.30. The number of nitrogens with zero attached hydrogens (tertiary/aromatic N) is 5. The van der Waals surface area contributed by atoms with Gasteiger partial charge < -0.3 is 25.1 Å². The molecule has 12 heteroatoms. The Bertz CT molecular complexity index is 1440. The Balaban J connectivity index is 1.65. The summed E-state index contributed by atoms with van der Waals surface area (Å²) < 4.78 is 28.3. The molecule has 3 N–H and O–H groups in total. The average Bonchev–Trinajstić information content (AvgIpc) is 3.07. The molecule has 0 radical (unpaired) electrons. The Morgan fingerprint density at radius 2 is 2.00 bits per heavy atom. The summed E-state index contributed by atoms with van der Waals surface area (Å²) in [5.41, 5.74) is 7.96. The Kier molecular flexibility index (Phi) is 7.07. The monoisotopic (exact) mass is 557 g/mol. The van der Waals surface area contributed by atoms with Crippen LogP contribution in [0.15, 0.2) is 41.4 Å². The van der Waals surface area contributed by atoms with Gasteiger partial charge >= 0.3 is 12.1 Å². The number of nitrogens with one attached hydrogen (secondary N) is 1. The number of alkyl carbamates (subject to hydrolysis) is 1. The first-order valence-electron chi connectivity index (χ1n) is 11.1. The molecule has 4 aromatic rings. The summed E-state index contributed by atoms with van der Waals surface area (Å²) in [6.07, 6.45) is 2.36. The van der Waals surface area contributed by atoms with Gasteiger partial charge in [-0.1, -0.05) is 6.07 Å². The van der Waals surface area contributed by atoms with Gasteiger partial charge in [-0.05, 0) is 67.4 Å². The third kappa shape index (κ3) is 5.54. The number of aryl methyl sites for hydroxylation is 1. The highest BCUT2D eigenvalue weighted by Crippen LogP contribution is 2.40. The Morgan fingerprint density at radius 3 is 2.69 bits per heavy atom. The fourth-order valence-corrected chi connectivity index (χ4v) is 4.30. The van der Waals surface area contributed by atoms with E-state index >= 15 is 4.39 Å². The second-order valence-electron chi connectivity index (χ2n) is 8.93. The lowest BCUT2D eigenvalue weighted by atomic mass is 10.1. The summed E-state index contributed by atoms with van der Waals surface area (Å²) in [6.45, 7) is 7.77. The summed E-state index contributed by atoms with van der Waals surface area (Å²) >= 11 is 3.61. The van der Waals surface area contributed by atoms with Crippen molar-refractivity contribution in [3.63, 3.8) is 0 Å². The topological polar surface area (TPSA) is 130 Å². The van der Waals surface area contributed by atoms with Crippen LogP contribution in [0.25, 0.3) is 22.2 Å². The van der Waals surface area contributed by atoms with Gasteiger partial charge in [0.25, 0.3) is 0 Å². The minimum absolute atomic E-state index is 0.0185. The third-order valence-corrected chi connectivity index (χ3v) is 5.83. The highest BCUT2D eigenvalue weighted by atomic mass is 79.9. The molecule has 0 atom stereocenters. The van der Waals surface area contributed by atoms with E-state index in [0.717, 1.165) is 0 Å². The van der Waals surface area contributed by atoms with E-state index in [0.29, 0.717) is 39.0 Å². The van der Waals surface area contributed by atoms with Gasteiger partial charge in [0, 0.05) is 30.5 Å². The van der Waals surface area contributed by atoms with Crippen molar-refractivity contribution in [2.24, 2.45) is 0 Å². The number of hydrogen-bond acceptors (Lipinski definition) is 8. The molecule has 0 fully saturated rings. The van der Waals surface area contributed by atoms with Crippen LogP contribution >= 0.6 is 15.9 Å². The molecule has 0 saturated carbocycles. The minimum Gasteiger partial charge on any atom is -0.444 e. The largest absolute Gasteiger partial charge is 0.444 e. The van der Waals surface area contributed by atoms with E-state index in [2.05, 4.69) is 41.2 Å². The predicted molar refractivity (Wildman–Crippen MR) is 136 cm³/mol. The molecule has 0 aliphatic heterocycles. The maximum atomic E-state index is 15.1. The molecule has 0 unspecified atom stereocenters. The van der Waals surface area contributed by atoms with E-state index in [-0.39, 0.29) is 24.1 Å².